The maximum Gasteiger partial charge on any atom is 0.339 e. The number of carbonyl (C=O) groups excluding carboxylic acids is 1. The number of rotatable bonds is 3. The lowest BCUT2D eigenvalue weighted by Gasteiger charge is -2.32. The van der Waals surface area contributed by atoms with Gasteiger partial charge in [0.25, 0.3) is 5.91 Å². The van der Waals surface area contributed by atoms with Gasteiger partial charge in [-0.15, -0.1) is 0 Å². The molecule has 1 N–H and O–H groups in total. The van der Waals surface area contributed by atoms with Crippen LogP contribution in [0.15, 0.2) is 12.3 Å². The first-order valence-electron chi connectivity index (χ1n) is 9.20. The molecule has 1 amide bonds. The molecule has 0 spiro atoms. The highest BCUT2D eigenvalue weighted by Gasteiger charge is 2.29. The maximum absolute atomic E-state index is 12.9. The molecular weight excluding hydrogens is 346 g/mol. The van der Waals surface area contributed by atoms with Gasteiger partial charge in [0.05, 0.1) is 23.6 Å². The summed E-state index contributed by atoms with van der Waals surface area (Å²) in [5.41, 5.74) is 2.29. The summed E-state index contributed by atoms with van der Waals surface area (Å²) in [5, 5.41) is 17.9. The molecule has 2 aromatic rings. The van der Waals surface area contributed by atoms with Gasteiger partial charge in [0.15, 0.2) is 0 Å². The zero-order chi connectivity index (χ0) is 19.9. The lowest BCUT2D eigenvalue weighted by molar-refractivity contribution is 0.0677. The fourth-order valence-electron chi connectivity index (χ4n) is 3.51. The standard InChI is InChI=1S/C19H27N5O3/c1-12-14(18(26)27)11-20-24(12)13-6-8-23(9-7-13)17(25)15-10-16(19(2,3)4)21-22(15)5/h10-11,13H,6-9H2,1-5H3,(H,26,27). The van der Waals surface area contributed by atoms with Crippen molar-refractivity contribution in [3.05, 3.63) is 34.9 Å². The molecule has 1 aliphatic rings. The molecule has 3 rings (SSSR count). The monoisotopic (exact) mass is 373 g/mol. The zero-order valence-corrected chi connectivity index (χ0v) is 16.6. The van der Waals surface area contributed by atoms with E-state index < -0.39 is 5.97 Å². The lowest BCUT2D eigenvalue weighted by atomic mass is 9.92. The number of hydrogen-bond acceptors (Lipinski definition) is 4. The molecule has 27 heavy (non-hydrogen) atoms. The van der Waals surface area contributed by atoms with Crippen LogP contribution in [-0.4, -0.2) is 54.5 Å². The highest BCUT2D eigenvalue weighted by Crippen LogP contribution is 2.27. The van der Waals surface area contributed by atoms with Gasteiger partial charge >= 0.3 is 5.97 Å². The molecule has 2 aromatic heterocycles. The van der Waals surface area contributed by atoms with E-state index in [1.54, 1.807) is 23.3 Å². The average Bonchev–Trinajstić information content (AvgIpc) is 3.17. The molecule has 1 aliphatic heterocycles. The predicted octanol–water partition coefficient (Wildman–Crippen LogP) is 2.40. The van der Waals surface area contributed by atoms with Crippen molar-refractivity contribution >= 4 is 11.9 Å². The minimum Gasteiger partial charge on any atom is -0.478 e. The third kappa shape index (κ3) is 3.61. The van der Waals surface area contributed by atoms with Crippen molar-refractivity contribution in [3.63, 3.8) is 0 Å². The largest absolute Gasteiger partial charge is 0.478 e. The molecule has 0 aromatic carbocycles. The summed E-state index contributed by atoms with van der Waals surface area (Å²) >= 11 is 0. The maximum atomic E-state index is 12.9. The summed E-state index contributed by atoms with van der Waals surface area (Å²) < 4.78 is 3.44. The highest BCUT2D eigenvalue weighted by molar-refractivity contribution is 5.92. The number of nitrogens with zero attached hydrogens (tertiary/aromatic N) is 5. The van der Waals surface area contributed by atoms with Gasteiger partial charge in [-0.05, 0) is 25.8 Å². The Morgan fingerprint density at radius 2 is 1.85 bits per heavy atom. The van der Waals surface area contributed by atoms with E-state index >= 15 is 0 Å². The first kappa shape index (κ1) is 19.1. The number of carbonyl (C=O) groups is 2. The minimum absolute atomic E-state index is 0.0117. The predicted molar refractivity (Wildman–Crippen MR) is 100 cm³/mol. The second-order valence-electron chi connectivity index (χ2n) is 8.21. The Kier molecular flexibility index (Phi) is 4.84. The Labute approximate surface area is 158 Å². The van der Waals surface area contributed by atoms with Gasteiger partial charge in [0.1, 0.15) is 11.3 Å². The van der Waals surface area contributed by atoms with Crippen molar-refractivity contribution in [1.82, 2.24) is 24.5 Å². The summed E-state index contributed by atoms with van der Waals surface area (Å²) in [7, 11) is 1.80. The van der Waals surface area contributed by atoms with Gasteiger partial charge in [-0.2, -0.15) is 10.2 Å². The number of aromatic nitrogens is 4. The summed E-state index contributed by atoms with van der Waals surface area (Å²) in [5.74, 6) is -0.973. The Hall–Kier alpha value is -2.64. The van der Waals surface area contributed by atoms with Gasteiger partial charge < -0.3 is 10.0 Å². The molecule has 0 aliphatic carbocycles. The van der Waals surface area contributed by atoms with E-state index in [0.717, 1.165) is 18.5 Å². The first-order chi connectivity index (χ1) is 12.6. The molecule has 0 radical (unpaired) electrons. The Morgan fingerprint density at radius 1 is 1.22 bits per heavy atom. The molecular formula is C19H27N5O3. The van der Waals surface area contributed by atoms with Gasteiger partial charge in [-0.25, -0.2) is 4.79 Å². The number of likely N-dealkylation sites (tertiary alicyclic amines) is 1. The summed E-state index contributed by atoms with van der Waals surface area (Å²) in [6.07, 6.45) is 2.90. The van der Waals surface area contributed by atoms with Crippen molar-refractivity contribution < 1.29 is 14.7 Å². The fourth-order valence-corrected chi connectivity index (χ4v) is 3.51. The molecule has 1 saturated heterocycles. The Morgan fingerprint density at radius 3 is 2.33 bits per heavy atom. The van der Waals surface area contributed by atoms with Crippen LogP contribution in [0.5, 0.6) is 0 Å². The van der Waals surface area contributed by atoms with Crippen LogP contribution in [0.25, 0.3) is 0 Å². The number of piperidine rings is 1. The van der Waals surface area contributed by atoms with Crippen LogP contribution in [-0.2, 0) is 12.5 Å². The van der Waals surface area contributed by atoms with E-state index in [-0.39, 0.29) is 22.9 Å². The van der Waals surface area contributed by atoms with E-state index in [2.05, 4.69) is 31.0 Å². The van der Waals surface area contributed by atoms with Gasteiger partial charge in [0, 0.05) is 25.6 Å². The third-order valence-electron chi connectivity index (χ3n) is 5.24. The van der Waals surface area contributed by atoms with E-state index in [1.807, 2.05) is 11.0 Å². The summed E-state index contributed by atoms with van der Waals surface area (Å²) in [4.78, 5) is 26.0. The third-order valence-corrected chi connectivity index (χ3v) is 5.24. The van der Waals surface area contributed by atoms with Crippen molar-refractivity contribution in [2.75, 3.05) is 13.1 Å². The van der Waals surface area contributed by atoms with Crippen LogP contribution in [0.2, 0.25) is 0 Å². The SMILES string of the molecule is Cc1c(C(=O)O)cnn1C1CCN(C(=O)c2cc(C(C)(C)C)nn2C)CC1. The Bertz CT molecular complexity index is 867. The van der Waals surface area contributed by atoms with Crippen molar-refractivity contribution in [1.29, 1.82) is 0 Å². The zero-order valence-electron chi connectivity index (χ0n) is 16.6. The number of carboxylic acids is 1. The summed E-state index contributed by atoms with van der Waals surface area (Å²) in [6, 6.07) is 1.99. The minimum atomic E-state index is -0.961. The molecule has 146 valence electrons. The second-order valence-corrected chi connectivity index (χ2v) is 8.21. The van der Waals surface area contributed by atoms with Gasteiger partial charge in [-0.3, -0.25) is 14.2 Å². The smallest absolute Gasteiger partial charge is 0.339 e. The number of aromatic carboxylic acids is 1. The molecule has 0 atom stereocenters. The van der Waals surface area contributed by atoms with Crippen molar-refractivity contribution in [2.45, 2.75) is 52.0 Å². The highest BCUT2D eigenvalue weighted by atomic mass is 16.4. The van der Waals surface area contributed by atoms with E-state index in [0.29, 0.717) is 24.5 Å². The van der Waals surface area contributed by atoms with Gasteiger partial charge in [0.2, 0.25) is 0 Å². The van der Waals surface area contributed by atoms with E-state index in [9.17, 15) is 14.7 Å². The van der Waals surface area contributed by atoms with E-state index in [4.69, 9.17) is 0 Å². The molecule has 0 saturated carbocycles. The number of aryl methyl sites for hydroxylation is 1. The number of amides is 1. The normalized spacial score (nSPS) is 16.0. The molecule has 3 heterocycles. The first-order valence-corrected chi connectivity index (χ1v) is 9.20. The van der Waals surface area contributed by atoms with Crippen LogP contribution in [0.1, 0.15) is 71.9 Å². The second kappa shape index (κ2) is 6.83. The average molecular weight is 373 g/mol. The van der Waals surface area contributed by atoms with Crippen molar-refractivity contribution in [3.8, 4) is 0 Å². The molecule has 0 unspecified atom stereocenters. The van der Waals surface area contributed by atoms with Gasteiger partial charge in [-0.1, -0.05) is 20.8 Å². The van der Waals surface area contributed by atoms with E-state index in [1.165, 1.54) is 6.20 Å². The van der Waals surface area contributed by atoms with Crippen LogP contribution in [0.4, 0.5) is 0 Å². The Balaban J connectivity index is 1.70. The van der Waals surface area contributed by atoms with Crippen LogP contribution >= 0.6 is 0 Å². The number of hydrogen-bond donors (Lipinski definition) is 1. The summed E-state index contributed by atoms with van der Waals surface area (Å²) in [6.45, 7) is 9.23. The fraction of sp³-hybridized carbons (Fsp3) is 0.579. The van der Waals surface area contributed by atoms with Crippen LogP contribution in [0, 0.1) is 6.92 Å². The number of carboxylic acid groups (broad SMARTS) is 1. The van der Waals surface area contributed by atoms with Crippen molar-refractivity contribution in [2.24, 2.45) is 7.05 Å². The van der Waals surface area contributed by atoms with Crippen LogP contribution in [0.3, 0.4) is 0 Å². The molecule has 0 bridgehead atoms. The molecule has 8 nitrogen and oxygen atoms in total. The van der Waals surface area contributed by atoms with Crippen LogP contribution < -0.4 is 0 Å². The quantitative estimate of drug-likeness (QED) is 0.892. The molecule has 8 heteroatoms. The lowest BCUT2D eigenvalue weighted by Crippen LogP contribution is -2.40. The topological polar surface area (TPSA) is 93.2 Å². The molecule has 1 fully saturated rings.